The summed E-state index contributed by atoms with van der Waals surface area (Å²) in [5.74, 6) is 0.707. The average molecular weight is 436 g/mol. The third-order valence-electron chi connectivity index (χ3n) is 4.76. The number of benzene rings is 1. The van der Waals surface area contributed by atoms with Crippen molar-refractivity contribution >= 4 is 23.2 Å². The number of aryl methyl sites for hydroxylation is 1. The highest BCUT2D eigenvalue weighted by atomic mass is 32.2. The maximum absolute atomic E-state index is 12.4. The van der Waals surface area contributed by atoms with Crippen LogP contribution in [0.25, 0.3) is 0 Å². The van der Waals surface area contributed by atoms with Gasteiger partial charge in [-0.3, -0.25) is 9.79 Å². The van der Waals surface area contributed by atoms with Gasteiger partial charge in [0, 0.05) is 18.8 Å². The van der Waals surface area contributed by atoms with Crippen LogP contribution in [0.5, 0.6) is 5.75 Å². The van der Waals surface area contributed by atoms with Gasteiger partial charge in [-0.15, -0.1) is 0 Å². The molecule has 0 spiro atoms. The summed E-state index contributed by atoms with van der Waals surface area (Å²) < 4.78 is 32.8. The van der Waals surface area contributed by atoms with E-state index in [4.69, 9.17) is 4.74 Å². The van der Waals surface area contributed by atoms with Crippen molar-refractivity contribution in [1.82, 2.24) is 10.0 Å². The standard InChI is InChI=1S/C15H23NO3S.C7H10N2O/c1-12-11-14(9-10-15(12)19-2)20(17,18)16-13-7-5-3-4-6-8-13;1-3-7(4-8-2)5-9-6-10/h9-11,13,16H,3-8H2,1-2H3;3-4,6H,1-2,5H2,(H,9,10)/b;7-4+. The van der Waals surface area contributed by atoms with E-state index in [1.807, 2.05) is 6.92 Å². The number of rotatable bonds is 9. The van der Waals surface area contributed by atoms with Gasteiger partial charge in [-0.1, -0.05) is 38.3 Å². The molecule has 1 aromatic rings. The Morgan fingerprint density at radius 1 is 1.27 bits per heavy atom. The average Bonchev–Trinajstić information content (AvgIpc) is 2.99. The third kappa shape index (κ3) is 8.92. The molecule has 30 heavy (non-hydrogen) atoms. The Morgan fingerprint density at radius 2 is 1.93 bits per heavy atom. The molecule has 0 aromatic heterocycles. The molecule has 0 aliphatic heterocycles. The Kier molecular flexibility index (Phi) is 11.7. The van der Waals surface area contributed by atoms with Crippen molar-refractivity contribution in [3.63, 3.8) is 0 Å². The Labute approximate surface area is 180 Å². The van der Waals surface area contributed by atoms with Crippen LogP contribution in [-0.4, -0.2) is 41.2 Å². The predicted octanol–water partition coefficient (Wildman–Crippen LogP) is 3.51. The Bertz CT molecular complexity index is 827. The number of hydrogen-bond acceptors (Lipinski definition) is 5. The molecule has 1 aliphatic carbocycles. The fourth-order valence-electron chi connectivity index (χ4n) is 3.15. The van der Waals surface area contributed by atoms with E-state index in [9.17, 15) is 13.2 Å². The lowest BCUT2D eigenvalue weighted by Gasteiger charge is -2.17. The molecule has 2 rings (SSSR count). The van der Waals surface area contributed by atoms with Crippen LogP contribution in [0, 0.1) is 6.92 Å². The molecule has 1 aromatic carbocycles. The summed E-state index contributed by atoms with van der Waals surface area (Å²) >= 11 is 0. The second-order valence-electron chi connectivity index (χ2n) is 7.03. The van der Waals surface area contributed by atoms with Gasteiger partial charge in [0.1, 0.15) is 5.75 Å². The van der Waals surface area contributed by atoms with Gasteiger partial charge in [0.2, 0.25) is 16.4 Å². The molecule has 166 valence electrons. The van der Waals surface area contributed by atoms with E-state index in [0.29, 0.717) is 23.6 Å². The van der Waals surface area contributed by atoms with Gasteiger partial charge in [0.05, 0.1) is 12.0 Å². The number of nitrogens with one attached hydrogen (secondary N) is 2. The molecule has 0 heterocycles. The second-order valence-corrected chi connectivity index (χ2v) is 8.74. The van der Waals surface area contributed by atoms with Crippen molar-refractivity contribution in [3.05, 3.63) is 48.2 Å². The van der Waals surface area contributed by atoms with Gasteiger partial charge in [-0.25, -0.2) is 13.1 Å². The lowest BCUT2D eigenvalue weighted by molar-refractivity contribution is -0.109. The molecule has 0 bridgehead atoms. The summed E-state index contributed by atoms with van der Waals surface area (Å²) in [5, 5.41) is 2.48. The number of aliphatic imine (C=N–C) groups is 1. The van der Waals surface area contributed by atoms with Crippen LogP contribution in [0.15, 0.2) is 52.5 Å². The van der Waals surface area contributed by atoms with Crippen LogP contribution < -0.4 is 14.8 Å². The number of carbonyl (C=O) groups is 1. The van der Waals surface area contributed by atoms with Crippen LogP contribution in [0.2, 0.25) is 0 Å². The van der Waals surface area contributed by atoms with Crippen molar-refractivity contribution in [2.75, 3.05) is 13.7 Å². The van der Waals surface area contributed by atoms with E-state index < -0.39 is 10.0 Å². The van der Waals surface area contributed by atoms with E-state index in [0.717, 1.165) is 36.8 Å². The van der Waals surface area contributed by atoms with E-state index in [-0.39, 0.29) is 6.04 Å². The summed E-state index contributed by atoms with van der Waals surface area (Å²) in [6, 6.07) is 5.05. The number of ether oxygens (including phenoxy) is 1. The number of amides is 1. The maximum atomic E-state index is 12.4. The van der Waals surface area contributed by atoms with Crippen molar-refractivity contribution in [3.8, 4) is 5.75 Å². The first kappa shape index (κ1) is 25.6. The second kappa shape index (κ2) is 13.7. The van der Waals surface area contributed by atoms with Gasteiger partial charge in [-0.05, 0) is 55.8 Å². The number of hydrogen-bond donors (Lipinski definition) is 2. The molecule has 1 fully saturated rings. The zero-order chi connectivity index (χ0) is 22.4. The molecule has 8 heteroatoms. The largest absolute Gasteiger partial charge is 0.496 e. The molecule has 0 saturated heterocycles. The highest BCUT2D eigenvalue weighted by Gasteiger charge is 2.21. The first-order valence-electron chi connectivity index (χ1n) is 9.99. The fourth-order valence-corrected chi connectivity index (χ4v) is 4.54. The van der Waals surface area contributed by atoms with Gasteiger partial charge in [-0.2, -0.15) is 0 Å². The highest BCUT2D eigenvalue weighted by Crippen LogP contribution is 2.23. The van der Waals surface area contributed by atoms with Gasteiger partial charge < -0.3 is 10.1 Å². The maximum Gasteiger partial charge on any atom is 0.240 e. The molecule has 2 N–H and O–H groups in total. The minimum Gasteiger partial charge on any atom is -0.496 e. The zero-order valence-corrected chi connectivity index (χ0v) is 18.7. The summed E-state index contributed by atoms with van der Waals surface area (Å²) in [6.07, 6.45) is 10.3. The summed E-state index contributed by atoms with van der Waals surface area (Å²) in [7, 11) is -1.85. The Balaban J connectivity index is 0.000000382. The van der Waals surface area contributed by atoms with Gasteiger partial charge in [0.15, 0.2) is 0 Å². The molecule has 1 saturated carbocycles. The van der Waals surface area contributed by atoms with Crippen LogP contribution in [0.3, 0.4) is 0 Å². The molecule has 0 radical (unpaired) electrons. The normalized spacial score (nSPS) is 15.2. The SMILES string of the molecule is C=C/C(=C\N=C)CNC=O.COc1ccc(S(=O)(=O)NC2CCCCCC2)cc1C. The van der Waals surface area contributed by atoms with E-state index in [1.54, 1.807) is 37.6 Å². The smallest absolute Gasteiger partial charge is 0.240 e. The number of methoxy groups -OCH3 is 1. The molecule has 7 nitrogen and oxygen atoms in total. The van der Waals surface area contributed by atoms with Crippen LogP contribution in [0.1, 0.15) is 44.1 Å². The Hall–Kier alpha value is -2.45. The number of nitrogens with zero attached hydrogens (tertiary/aromatic N) is 1. The predicted molar refractivity (Wildman–Crippen MR) is 121 cm³/mol. The molecule has 0 atom stereocenters. The minimum atomic E-state index is -3.43. The van der Waals surface area contributed by atoms with E-state index >= 15 is 0 Å². The van der Waals surface area contributed by atoms with Gasteiger partial charge >= 0.3 is 0 Å². The summed E-state index contributed by atoms with van der Waals surface area (Å²) in [6.45, 7) is 9.09. The fraction of sp³-hybridized carbons (Fsp3) is 0.455. The molecule has 1 amide bonds. The van der Waals surface area contributed by atoms with E-state index in [1.165, 1.54) is 12.8 Å². The van der Waals surface area contributed by atoms with Crippen LogP contribution >= 0.6 is 0 Å². The zero-order valence-electron chi connectivity index (χ0n) is 17.9. The lowest BCUT2D eigenvalue weighted by Crippen LogP contribution is -2.34. The lowest BCUT2D eigenvalue weighted by atomic mass is 10.1. The minimum absolute atomic E-state index is 0.0740. The van der Waals surface area contributed by atoms with E-state index in [2.05, 4.69) is 28.3 Å². The van der Waals surface area contributed by atoms with Crippen molar-refractivity contribution < 1.29 is 17.9 Å². The van der Waals surface area contributed by atoms with Gasteiger partial charge in [0.25, 0.3) is 0 Å². The third-order valence-corrected chi connectivity index (χ3v) is 6.28. The molecule has 0 unspecified atom stereocenters. The quantitative estimate of drug-likeness (QED) is 0.268. The topological polar surface area (TPSA) is 96.9 Å². The van der Waals surface area contributed by atoms with Crippen molar-refractivity contribution in [1.29, 1.82) is 0 Å². The van der Waals surface area contributed by atoms with Crippen molar-refractivity contribution in [2.45, 2.75) is 56.4 Å². The van der Waals surface area contributed by atoms with Crippen LogP contribution in [0.4, 0.5) is 0 Å². The monoisotopic (exact) mass is 435 g/mol. The summed E-state index contributed by atoms with van der Waals surface area (Å²) in [5.41, 5.74) is 1.67. The number of sulfonamides is 1. The van der Waals surface area contributed by atoms with Crippen molar-refractivity contribution in [2.24, 2.45) is 4.99 Å². The molecular formula is C22H33N3O4S. The highest BCUT2D eigenvalue weighted by molar-refractivity contribution is 7.89. The Morgan fingerprint density at radius 3 is 2.43 bits per heavy atom. The number of carbonyl (C=O) groups excluding carboxylic acids is 1. The van der Waals surface area contributed by atoms with Crippen LogP contribution in [-0.2, 0) is 14.8 Å². The molecular weight excluding hydrogens is 402 g/mol. The summed E-state index contributed by atoms with van der Waals surface area (Å²) in [4.78, 5) is 13.7. The first-order chi connectivity index (χ1) is 14.4. The molecule has 1 aliphatic rings. The first-order valence-corrected chi connectivity index (χ1v) is 11.5.